The molecule has 4 N–H and O–H groups in total. The van der Waals surface area contributed by atoms with Crippen molar-refractivity contribution in [2.45, 2.75) is 38.4 Å². The van der Waals surface area contributed by atoms with Gasteiger partial charge in [-0.1, -0.05) is 25.5 Å². The molecule has 2 aliphatic rings. The Labute approximate surface area is 258 Å². The Morgan fingerprint density at radius 3 is 2.59 bits per heavy atom. The molecular weight excluding hydrogens is 561 g/mol. The number of aliphatic hydroxyl groups excluding tert-OH is 1. The quantitative estimate of drug-likeness (QED) is 0.264. The van der Waals surface area contributed by atoms with Crippen molar-refractivity contribution in [1.29, 1.82) is 0 Å². The van der Waals surface area contributed by atoms with Gasteiger partial charge in [-0.3, -0.25) is 24.8 Å². The highest BCUT2D eigenvalue weighted by molar-refractivity contribution is 6.05. The molecule has 3 heterocycles. The molecule has 11 heteroatoms. The second kappa shape index (κ2) is 14.6. The second-order valence-electron chi connectivity index (χ2n) is 11.4. The summed E-state index contributed by atoms with van der Waals surface area (Å²) >= 11 is 0. The fourth-order valence-electron chi connectivity index (χ4n) is 5.80. The minimum Gasteiger partial charge on any atom is -0.395 e. The third kappa shape index (κ3) is 7.35. The van der Waals surface area contributed by atoms with Crippen molar-refractivity contribution in [3.8, 4) is 0 Å². The summed E-state index contributed by atoms with van der Waals surface area (Å²) in [5.41, 5.74) is 3.44. The number of likely N-dealkylation sites (N-methyl/N-ethyl adjacent to an activating group) is 1. The molecule has 2 fully saturated rings. The molecule has 2 atom stereocenters. The van der Waals surface area contributed by atoms with E-state index in [9.17, 15) is 14.7 Å². The van der Waals surface area contributed by atoms with Crippen molar-refractivity contribution in [1.82, 2.24) is 20.1 Å². The van der Waals surface area contributed by atoms with Crippen LogP contribution < -0.4 is 20.9 Å². The minimum atomic E-state index is -0.763. The van der Waals surface area contributed by atoms with Crippen LogP contribution in [0.1, 0.15) is 47.4 Å². The molecule has 0 bridgehead atoms. The Hall–Kier alpha value is -4.06. The molecule has 1 aromatic heterocycles. The highest BCUT2D eigenvalue weighted by Gasteiger charge is 2.34. The number of pyridine rings is 1. The van der Waals surface area contributed by atoms with Crippen LogP contribution in [0.15, 0.2) is 60.8 Å². The smallest absolute Gasteiger partial charge is 0.259 e. The van der Waals surface area contributed by atoms with E-state index in [1.54, 1.807) is 48.5 Å². The van der Waals surface area contributed by atoms with Crippen molar-refractivity contribution in [3.05, 3.63) is 83.4 Å². The SMILES string of the molecule is CCCCc1ncccc1C(=O)Nc1cccc(C2CN(C)C(=O)C(Nc3ccc(N4CCN(CCO)CC4)cc3)N2)c1F. The van der Waals surface area contributed by atoms with Gasteiger partial charge >= 0.3 is 0 Å². The van der Waals surface area contributed by atoms with Gasteiger partial charge in [0.1, 0.15) is 0 Å². The zero-order chi connectivity index (χ0) is 31.1. The summed E-state index contributed by atoms with van der Waals surface area (Å²) in [7, 11) is 1.70. The Morgan fingerprint density at radius 1 is 1.09 bits per heavy atom. The molecule has 0 saturated carbocycles. The minimum absolute atomic E-state index is 0.0800. The molecule has 2 unspecified atom stereocenters. The summed E-state index contributed by atoms with van der Waals surface area (Å²) in [6.45, 7) is 6.79. The lowest BCUT2D eigenvalue weighted by Crippen LogP contribution is -2.58. The predicted molar refractivity (Wildman–Crippen MR) is 170 cm³/mol. The van der Waals surface area contributed by atoms with Gasteiger partial charge < -0.3 is 25.5 Å². The van der Waals surface area contributed by atoms with Gasteiger partial charge in [-0.15, -0.1) is 0 Å². The number of piperazine rings is 2. The second-order valence-corrected chi connectivity index (χ2v) is 11.4. The first-order valence-electron chi connectivity index (χ1n) is 15.4. The number of aliphatic hydroxyl groups is 1. The molecule has 0 aliphatic carbocycles. The molecular formula is C33H42FN7O3. The standard InChI is InChI=1S/C33H42FN7O3/c1-3-4-9-27-26(8-6-15-35-27)32(43)38-28-10-5-7-25(30(28)34)29-22-39(2)33(44)31(37-29)36-23-11-13-24(14-12-23)41-18-16-40(17-19-41)20-21-42/h5-8,10-15,29,31,36-37,42H,3-4,9,16-22H2,1-2H3,(H,38,43). The van der Waals surface area contributed by atoms with Crippen LogP contribution in [-0.2, 0) is 11.2 Å². The Bertz CT molecular complexity index is 1430. The van der Waals surface area contributed by atoms with Gasteiger partial charge in [0, 0.05) is 69.5 Å². The van der Waals surface area contributed by atoms with Gasteiger partial charge in [0.15, 0.2) is 12.0 Å². The number of β-amino-alcohol motifs (C(OH)–C–C–N with tert-alkyl or cyclic N) is 1. The van der Waals surface area contributed by atoms with Crippen LogP contribution in [0.25, 0.3) is 0 Å². The molecule has 0 spiro atoms. The lowest BCUT2D eigenvalue weighted by atomic mass is 10.0. The number of hydrogen-bond donors (Lipinski definition) is 4. The van der Waals surface area contributed by atoms with Crippen LogP contribution in [0.3, 0.4) is 0 Å². The van der Waals surface area contributed by atoms with Crippen molar-refractivity contribution >= 4 is 28.9 Å². The number of aromatic nitrogens is 1. The third-order valence-electron chi connectivity index (χ3n) is 8.33. The third-order valence-corrected chi connectivity index (χ3v) is 8.33. The summed E-state index contributed by atoms with van der Waals surface area (Å²) in [6, 6.07) is 15.8. The maximum Gasteiger partial charge on any atom is 0.259 e. The van der Waals surface area contributed by atoms with Gasteiger partial charge in [-0.05, 0) is 55.3 Å². The average Bonchev–Trinajstić information content (AvgIpc) is 3.04. The molecule has 0 radical (unpaired) electrons. The normalized spacial score (nSPS) is 19.2. The average molecular weight is 604 g/mol. The molecule has 2 saturated heterocycles. The van der Waals surface area contributed by atoms with Gasteiger partial charge in [-0.25, -0.2) is 4.39 Å². The lowest BCUT2D eigenvalue weighted by Gasteiger charge is -2.37. The Balaban J connectivity index is 1.26. The van der Waals surface area contributed by atoms with Crippen molar-refractivity contribution < 1.29 is 19.1 Å². The van der Waals surface area contributed by atoms with E-state index in [0.717, 1.165) is 50.4 Å². The number of nitrogens with one attached hydrogen (secondary N) is 3. The number of nitrogens with zero attached hydrogens (tertiary/aromatic N) is 4. The van der Waals surface area contributed by atoms with E-state index in [1.165, 1.54) is 0 Å². The predicted octanol–water partition coefficient (Wildman–Crippen LogP) is 3.47. The van der Waals surface area contributed by atoms with E-state index < -0.39 is 23.9 Å². The van der Waals surface area contributed by atoms with Crippen molar-refractivity contribution in [2.75, 3.05) is 68.5 Å². The highest BCUT2D eigenvalue weighted by atomic mass is 19.1. The molecule has 5 rings (SSSR count). The van der Waals surface area contributed by atoms with Crippen LogP contribution in [0.5, 0.6) is 0 Å². The van der Waals surface area contributed by atoms with E-state index in [0.29, 0.717) is 29.8 Å². The van der Waals surface area contributed by atoms with E-state index in [1.807, 2.05) is 24.3 Å². The molecule has 2 aromatic carbocycles. The summed E-state index contributed by atoms with van der Waals surface area (Å²) in [6.07, 6.45) is 3.46. The molecule has 234 valence electrons. The number of carbonyl (C=O) groups is 2. The monoisotopic (exact) mass is 603 g/mol. The van der Waals surface area contributed by atoms with Crippen LogP contribution in [0, 0.1) is 5.82 Å². The maximum absolute atomic E-state index is 15.9. The number of carbonyl (C=O) groups excluding carboxylic acids is 2. The molecule has 2 amide bonds. The topological polar surface area (TPSA) is 113 Å². The van der Waals surface area contributed by atoms with Gasteiger partial charge in [0.05, 0.1) is 29.6 Å². The zero-order valence-corrected chi connectivity index (χ0v) is 25.4. The van der Waals surface area contributed by atoms with E-state index >= 15 is 4.39 Å². The number of anilines is 3. The van der Waals surface area contributed by atoms with E-state index in [-0.39, 0.29) is 24.7 Å². The zero-order valence-electron chi connectivity index (χ0n) is 25.4. The summed E-state index contributed by atoms with van der Waals surface area (Å²) in [4.78, 5) is 36.7. The number of benzene rings is 2. The van der Waals surface area contributed by atoms with Crippen molar-refractivity contribution in [2.24, 2.45) is 0 Å². The van der Waals surface area contributed by atoms with E-state index in [2.05, 4.69) is 37.7 Å². The van der Waals surface area contributed by atoms with Crippen LogP contribution in [-0.4, -0.2) is 90.8 Å². The van der Waals surface area contributed by atoms with Gasteiger partial charge in [0.2, 0.25) is 0 Å². The van der Waals surface area contributed by atoms with Gasteiger partial charge in [-0.2, -0.15) is 0 Å². The first-order chi connectivity index (χ1) is 21.4. The fraction of sp³-hybridized carbons (Fsp3) is 0.424. The number of rotatable bonds is 11. The number of amides is 2. The number of hydrogen-bond acceptors (Lipinski definition) is 8. The van der Waals surface area contributed by atoms with Crippen molar-refractivity contribution in [3.63, 3.8) is 0 Å². The largest absolute Gasteiger partial charge is 0.395 e. The summed E-state index contributed by atoms with van der Waals surface area (Å²) in [5, 5.41) is 18.5. The molecule has 2 aliphatic heterocycles. The lowest BCUT2D eigenvalue weighted by molar-refractivity contribution is -0.134. The van der Waals surface area contributed by atoms with E-state index in [4.69, 9.17) is 0 Å². The van der Waals surface area contributed by atoms with Crippen LogP contribution in [0.4, 0.5) is 21.5 Å². The summed E-state index contributed by atoms with van der Waals surface area (Å²) in [5.74, 6) is -1.09. The first kappa shape index (κ1) is 31.4. The Morgan fingerprint density at radius 2 is 1.86 bits per heavy atom. The molecule has 3 aromatic rings. The summed E-state index contributed by atoms with van der Waals surface area (Å²) < 4.78 is 15.9. The fourth-order valence-corrected chi connectivity index (χ4v) is 5.80. The maximum atomic E-state index is 15.9. The number of unbranched alkanes of at least 4 members (excludes halogenated alkanes) is 1. The van der Waals surface area contributed by atoms with Crippen LogP contribution >= 0.6 is 0 Å². The molecule has 10 nitrogen and oxygen atoms in total. The number of aryl methyl sites for hydroxylation is 1. The Kier molecular flexibility index (Phi) is 10.4. The molecule has 44 heavy (non-hydrogen) atoms. The highest BCUT2D eigenvalue weighted by Crippen LogP contribution is 2.28. The van der Waals surface area contributed by atoms with Crippen LogP contribution in [0.2, 0.25) is 0 Å². The number of halogens is 1. The first-order valence-corrected chi connectivity index (χ1v) is 15.4. The van der Waals surface area contributed by atoms with Gasteiger partial charge in [0.25, 0.3) is 11.8 Å².